The third-order valence-electron chi connectivity index (χ3n) is 3.26. The minimum atomic E-state index is 0.0411. The molecule has 0 N–H and O–H groups in total. The molecule has 1 aromatic carbocycles. The molecule has 1 unspecified atom stereocenters. The summed E-state index contributed by atoms with van der Waals surface area (Å²) in [5.74, 6) is 0.0411. The molecule has 0 saturated heterocycles. The van der Waals surface area contributed by atoms with Crippen LogP contribution in [0.15, 0.2) is 27.1 Å². The summed E-state index contributed by atoms with van der Waals surface area (Å²) < 4.78 is 1.80. The molecule has 0 aromatic heterocycles. The van der Waals surface area contributed by atoms with Gasteiger partial charge in [-0.1, -0.05) is 52.6 Å². The molecule has 18 heavy (non-hydrogen) atoms. The molecule has 1 aromatic rings. The van der Waals surface area contributed by atoms with E-state index in [1.807, 2.05) is 25.2 Å². The Hall–Kier alpha value is -0.350. The van der Waals surface area contributed by atoms with E-state index < -0.39 is 0 Å². The first-order valence-electron chi connectivity index (χ1n) is 5.86. The molecular formula is C14H19Br2NO. The van der Waals surface area contributed by atoms with Gasteiger partial charge in [0.05, 0.1) is 0 Å². The second-order valence-corrected chi connectivity index (χ2v) is 7.45. The average molecular weight is 377 g/mol. The molecule has 100 valence electrons. The first kappa shape index (κ1) is 15.7. The van der Waals surface area contributed by atoms with E-state index >= 15 is 0 Å². The van der Waals surface area contributed by atoms with Crippen molar-refractivity contribution in [3.8, 4) is 0 Å². The van der Waals surface area contributed by atoms with Crippen molar-refractivity contribution < 1.29 is 4.79 Å². The number of benzene rings is 1. The lowest BCUT2D eigenvalue weighted by atomic mass is 9.87. The van der Waals surface area contributed by atoms with Crippen molar-refractivity contribution in [2.75, 3.05) is 7.05 Å². The summed E-state index contributed by atoms with van der Waals surface area (Å²) in [5, 5.41) is 0. The number of carbonyl (C=O) groups excluding carboxylic acids is 1. The largest absolute Gasteiger partial charge is 0.338 e. The lowest BCUT2D eigenvalue weighted by Crippen LogP contribution is -2.42. The van der Waals surface area contributed by atoms with Gasteiger partial charge in [0.2, 0.25) is 0 Å². The molecule has 0 fully saturated rings. The van der Waals surface area contributed by atoms with E-state index in [0.717, 1.165) is 8.95 Å². The maximum Gasteiger partial charge on any atom is 0.253 e. The van der Waals surface area contributed by atoms with Crippen LogP contribution in [0, 0.1) is 5.41 Å². The van der Waals surface area contributed by atoms with Crippen LogP contribution in [0.25, 0.3) is 0 Å². The summed E-state index contributed by atoms with van der Waals surface area (Å²) >= 11 is 6.81. The van der Waals surface area contributed by atoms with Gasteiger partial charge in [0.1, 0.15) is 0 Å². The maximum atomic E-state index is 12.4. The van der Waals surface area contributed by atoms with Gasteiger partial charge in [-0.2, -0.15) is 0 Å². The molecule has 0 aliphatic heterocycles. The summed E-state index contributed by atoms with van der Waals surface area (Å²) in [7, 11) is 1.85. The maximum absolute atomic E-state index is 12.4. The molecule has 0 bridgehead atoms. The second kappa shape index (κ2) is 5.74. The van der Waals surface area contributed by atoms with Crippen molar-refractivity contribution in [2.45, 2.75) is 33.7 Å². The zero-order valence-corrected chi connectivity index (χ0v) is 14.6. The molecule has 4 heteroatoms. The Bertz CT molecular complexity index is 431. The van der Waals surface area contributed by atoms with Crippen LogP contribution in [0.4, 0.5) is 0 Å². The Balaban J connectivity index is 3.00. The van der Waals surface area contributed by atoms with Gasteiger partial charge in [0, 0.05) is 27.6 Å². The van der Waals surface area contributed by atoms with E-state index in [-0.39, 0.29) is 17.4 Å². The first-order chi connectivity index (χ1) is 8.12. The highest BCUT2D eigenvalue weighted by Crippen LogP contribution is 2.26. The lowest BCUT2D eigenvalue weighted by Gasteiger charge is -2.35. The number of carbonyl (C=O) groups is 1. The molecule has 2 nitrogen and oxygen atoms in total. The van der Waals surface area contributed by atoms with Crippen LogP contribution in [0.1, 0.15) is 38.1 Å². The van der Waals surface area contributed by atoms with Crippen molar-refractivity contribution in [1.29, 1.82) is 0 Å². The van der Waals surface area contributed by atoms with E-state index in [0.29, 0.717) is 5.56 Å². The Labute approximate surface area is 126 Å². The van der Waals surface area contributed by atoms with Gasteiger partial charge >= 0.3 is 0 Å². The number of rotatable bonds is 2. The summed E-state index contributed by atoms with van der Waals surface area (Å²) in [4.78, 5) is 14.2. The average Bonchev–Trinajstić information content (AvgIpc) is 2.23. The minimum Gasteiger partial charge on any atom is -0.338 e. The third-order valence-corrected chi connectivity index (χ3v) is 4.18. The monoisotopic (exact) mass is 375 g/mol. The predicted molar refractivity (Wildman–Crippen MR) is 82.9 cm³/mol. The molecular weight excluding hydrogens is 358 g/mol. The molecule has 0 spiro atoms. The molecule has 0 heterocycles. The number of halogens is 2. The van der Waals surface area contributed by atoms with E-state index in [4.69, 9.17) is 0 Å². The third kappa shape index (κ3) is 3.82. The first-order valence-corrected chi connectivity index (χ1v) is 7.45. The Morgan fingerprint density at radius 2 is 1.61 bits per heavy atom. The van der Waals surface area contributed by atoms with Crippen molar-refractivity contribution in [2.24, 2.45) is 5.41 Å². The Morgan fingerprint density at radius 1 is 1.17 bits per heavy atom. The van der Waals surface area contributed by atoms with Crippen molar-refractivity contribution in [3.63, 3.8) is 0 Å². The van der Waals surface area contributed by atoms with Gasteiger partial charge in [-0.3, -0.25) is 4.79 Å². The fraction of sp³-hybridized carbons (Fsp3) is 0.500. The number of hydrogen-bond acceptors (Lipinski definition) is 1. The van der Waals surface area contributed by atoms with Gasteiger partial charge < -0.3 is 4.90 Å². The number of hydrogen-bond donors (Lipinski definition) is 0. The molecule has 1 rings (SSSR count). The van der Waals surface area contributed by atoms with E-state index in [1.165, 1.54) is 0 Å². The van der Waals surface area contributed by atoms with Crippen LogP contribution in [0.3, 0.4) is 0 Å². The topological polar surface area (TPSA) is 20.3 Å². The van der Waals surface area contributed by atoms with Crippen LogP contribution in [0.2, 0.25) is 0 Å². The highest BCUT2D eigenvalue weighted by Gasteiger charge is 2.27. The van der Waals surface area contributed by atoms with Crippen LogP contribution in [0.5, 0.6) is 0 Å². The molecule has 1 atom stereocenters. The van der Waals surface area contributed by atoms with Gasteiger partial charge in [-0.15, -0.1) is 0 Å². The quantitative estimate of drug-likeness (QED) is 0.731. The molecule has 0 radical (unpaired) electrons. The zero-order valence-electron chi connectivity index (χ0n) is 11.4. The van der Waals surface area contributed by atoms with E-state index in [1.54, 1.807) is 4.90 Å². The van der Waals surface area contributed by atoms with Crippen molar-refractivity contribution in [3.05, 3.63) is 32.7 Å². The summed E-state index contributed by atoms with van der Waals surface area (Å²) in [6.45, 7) is 8.49. The minimum absolute atomic E-state index is 0.0411. The SMILES string of the molecule is CC(N(C)C(=O)c1cc(Br)cc(Br)c1)C(C)(C)C. The van der Waals surface area contributed by atoms with E-state index in [2.05, 4.69) is 59.6 Å². The molecule has 0 aliphatic rings. The van der Waals surface area contributed by atoms with Crippen LogP contribution < -0.4 is 0 Å². The standard InChI is InChI=1S/C14H19Br2NO/c1-9(14(2,3)4)17(5)13(18)10-6-11(15)8-12(16)7-10/h6-9H,1-5H3. The molecule has 1 amide bonds. The zero-order chi connectivity index (χ0) is 14.1. The summed E-state index contributed by atoms with van der Waals surface area (Å²) in [5.41, 5.74) is 0.753. The second-order valence-electron chi connectivity index (χ2n) is 5.62. The fourth-order valence-electron chi connectivity index (χ4n) is 1.64. The highest BCUT2D eigenvalue weighted by atomic mass is 79.9. The van der Waals surface area contributed by atoms with Crippen LogP contribution >= 0.6 is 31.9 Å². The van der Waals surface area contributed by atoms with Gasteiger partial charge in [0.25, 0.3) is 5.91 Å². The van der Waals surface area contributed by atoms with Crippen molar-refractivity contribution >= 4 is 37.8 Å². The van der Waals surface area contributed by atoms with Crippen LogP contribution in [-0.2, 0) is 0 Å². The smallest absolute Gasteiger partial charge is 0.253 e. The lowest BCUT2D eigenvalue weighted by molar-refractivity contribution is 0.0629. The van der Waals surface area contributed by atoms with Gasteiger partial charge in [0.15, 0.2) is 0 Å². The predicted octanol–water partition coefficient (Wildman–Crippen LogP) is 4.72. The van der Waals surface area contributed by atoms with Gasteiger partial charge in [-0.25, -0.2) is 0 Å². The molecule has 0 aliphatic carbocycles. The van der Waals surface area contributed by atoms with Crippen molar-refractivity contribution in [1.82, 2.24) is 4.90 Å². The van der Waals surface area contributed by atoms with E-state index in [9.17, 15) is 4.79 Å². The van der Waals surface area contributed by atoms with Crippen LogP contribution in [-0.4, -0.2) is 23.9 Å². The Kier molecular flexibility index (Phi) is 5.01. The summed E-state index contributed by atoms with van der Waals surface area (Å²) in [6, 6.07) is 5.78. The number of amides is 1. The number of nitrogens with zero attached hydrogens (tertiary/aromatic N) is 1. The summed E-state index contributed by atoms with van der Waals surface area (Å²) in [6.07, 6.45) is 0. The fourth-order valence-corrected chi connectivity index (χ4v) is 2.93. The molecule has 0 saturated carbocycles. The Morgan fingerprint density at radius 3 is 2.00 bits per heavy atom. The van der Waals surface area contributed by atoms with Gasteiger partial charge in [-0.05, 0) is 30.5 Å². The highest BCUT2D eigenvalue weighted by molar-refractivity contribution is 9.11. The normalized spacial score (nSPS) is 13.3.